The van der Waals surface area contributed by atoms with Gasteiger partial charge < -0.3 is 9.80 Å². The molecule has 1 aliphatic rings. The molecule has 0 radical (unpaired) electrons. The second kappa shape index (κ2) is 7.61. The Bertz CT molecular complexity index is 1210. The molecule has 0 atom stereocenters. The maximum atomic E-state index is 6.16. The van der Waals surface area contributed by atoms with Crippen molar-refractivity contribution in [2.45, 2.75) is 13.8 Å². The molecule has 3 heterocycles. The fraction of sp³-hybridized carbons (Fsp3) is 0.261. The van der Waals surface area contributed by atoms with E-state index in [1.165, 1.54) is 11.1 Å². The Morgan fingerprint density at radius 1 is 0.900 bits per heavy atom. The lowest BCUT2D eigenvalue weighted by molar-refractivity contribution is 0.649. The lowest BCUT2D eigenvalue weighted by Crippen LogP contribution is -2.46. The van der Waals surface area contributed by atoms with Crippen LogP contribution in [0, 0.1) is 13.8 Å². The van der Waals surface area contributed by atoms with Gasteiger partial charge in [0.2, 0.25) is 0 Å². The van der Waals surface area contributed by atoms with E-state index in [0.717, 1.165) is 59.4 Å². The number of piperazine rings is 1. The quantitative estimate of drug-likeness (QED) is 0.493. The third-order valence-corrected chi connectivity index (χ3v) is 5.91. The van der Waals surface area contributed by atoms with Crippen molar-refractivity contribution < 1.29 is 0 Å². The minimum Gasteiger partial charge on any atom is -0.368 e. The Balaban J connectivity index is 1.43. The highest BCUT2D eigenvalue weighted by atomic mass is 35.5. The Hall–Kier alpha value is -3.12. The van der Waals surface area contributed by atoms with Crippen LogP contribution in [0.1, 0.15) is 11.1 Å². The predicted molar refractivity (Wildman–Crippen MR) is 122 cm³/mol. The molecule has 4 aromatic rings. The fourth-order valence-electron chi connectivity index (χ4n) is 4.15. The van der Waals surface area contributed by atoms with Crippen molar-refractivity contribution in [2.24, 2.45) is 0 Å². The molecule has 152 valence electrons. The number of aromatic nitrogens is 4. The highest BCUT2D eigenvalue weighted by Gasteiger charge is 2.22. The molecule has 2 aromatic heterocycles. The molecule has 1 saturated heterocycles. The van der Waals surface area contributed by atoms with Gasteiger partial charge in [-0.25, -0.2) is 14.6 Å². The second-order valence-electron chi connectivity index (χ2n) is 7.73. The summed E-state index contributed by atoms with van der Waals surface area (Å²) in [6, 6.07) is 14.4. The summed E-state index contributed by atoms with van der Waals surface area (Å²) in [6.07, 6.45) is 3.52. The highest BCUT2D eigenvalue weighted by molar-refractivity contribution is 6.30. The number of benzene rings is 2. The van der Waals surface area contributed by atoms with Crippen LogP contribution in [-0.2, 0) is 0 Å². The zero-order valence-electron chi connectivity index (χ0n) is 17.1. The van der Waals surface area contributed by atoms with Crippen LogP contribution in [0.5, 0.6) is 0 Å². The van der Waals surface area contributed by atoms with Crippen LogP contribution in [-0.4, -0.2) is 45.9 Å². The number of aryl methyl sites for hydroxylation is 2. The van der Waals surface area contributed by atoms with E-state index < -0.39 is 0 Å². The van der Waals surface area contributed by atoms with Gasteiger partial charge in [0.05, 0.1) is 17.3 Å². The first-order valence-electron chi connectivity index (χ1n) is 10.1. The summed E-state index contributed by atoms with van der Waals surface area (Å²) in [5.41, 5.74) is 5.46. The van der Waals surface area contributed by atoms with Gasteiger partial charge in [0.25, 0.3) is 0 Å². The maximum Gasteiger partial charge on any atom is 0.168 e. The summed E-state index contributed by atoms with van der Waals surface area (Å²) in [5, 5.41) is 6.40. The number of anilines is 2. The lowest BCUT2D eigenvalue weighted by Gasteiger charge is -2.36. The smallest absolute Gasteiger partial charge is 0.168 e. The Morgan fingerprint density at radius 2 is 1.70 bits per heavy atom. The largest absolute Gasteiger partial charge is 0.368 e. The predicted octanol–water partition coefficient (Wildman–Crippen LogP) is 4.41. The topological polar surface area (TPSA) is 50.1 Å². The van der Waals surface area contributed by atoms with Crippen molar-refractivity contribution in [2.75, 3.05) is 36.0 Å². The van der Waals surface area contributed by atoms with Gasteiger partial charge in [-0.15, -0.1) is 0 Å². The molecular formula is C23H23ClN6. The Labute approximate surface area is 180 Å². The van der Waals surface area contributed by atoms with Gasteiger partial charge in [0.15, 0.2) is 5.65 Å². The van der Waals surface area contributed by atoms with Gasteiger partial charge in [0.1, 0.15) is 12.1 Å². The van der Waals surface area contributed by atoms with E-state index in [-0.39, 0.29) is 0 Å². The molecule has 0 bridgehead atoms. The van der Waals surface area contributed by atoms with Crippen molar-refractivity contribution in [3.8, 4) is 5.69 Å². The number of hydrogen-bond donors (Lipinski definition) is 0. The molecule has 0 aliphatic carbocycles. The van der Waals surface area contributed by atoms with Crippen LogP contribution in [0.15, 0.2) is 55.0 Å². The molecule has 2 aromatic carbocycles. The molecule has 7 heteroatoms. The van der Waals surface area contributed by atoms with E-state index in [1.807, 2.05) is 29.1 Å². The van der Waals surface area contributed by atoms with Gasteiger partial charge in [0, 0.05) is 36.9 Å². The number of hydrogen-bond acceptors (Lipinski definition) is 5. The van der Waals surface area contributed by atoms with Crippen molar-refractivity contribution in [1.82, 2.24) is 19.7 Å². The van der Waals surface area contributed by atoms with Crippen LogP contribution in [0.3, 0.4) is 0 Å². The Morgan fingerprint density at radius 3 is 2.47 bits per heavy atom. The fourth-order valence-corrected chi connectivity index (χ4v) is 4.34. The van der Waals surface area contributed by atoms with Gasteiger partial charge in [-0.2, -0.15) is 5.10 Å². The van der Waals surface area contributed by atoms with E-state index in [0.29, 0.717) is 0 Å². The van der Waals surface area contributed by atoms with Crippen molar-refractivity contribution >= 4 is 34.1 Å². The average molecular weight is 419 g/mol. The van der Waals surface area contributed by atoms with Crippen molar-refractivity contribution in [3.05, 3.63) is 71.1 Å². The first kappa shape index (κ1) is 18.9. The van der Waals surface area contributed by atoms with Crippen LogP contribution >= 0.6 is 11.6 Å². The maximum absolute atomic E-state index is 6.16. The summed E-state index contributed by atoms with van der Waals surface area (Å²) >= 11 is 6.16. The van der Waals surface area contributed by atoms with E-state index in [9.17, 15) is 0 Å². The zero-order valence-corrected chi connectivity index (χ0v) is 17.8. The minimum absolute atomic E-state index is 0.770. The van der Waals surface area contributed by atoms with Crippen molar-refractivity contribution in [3.63, 3.8) is 0 Å². The summed E-state index contributed by atoms with van der Waals surface area (Å²) in [6.45, 7) is 7.79. The summed E-state index contributed by atoms with van der Waals surface area (Å²) in [7, 11) is 0. The van der Waals surface area contributed by atoms with Gasteiger partial charge in [-0.3, -0.25) is 0 Å². The molecule has 30 heavy (non-hydrogen) atoms. The number of halogens is 1. The summed E-state index contributed by atoms with van der Waals surface area (Å²) < 4.78 is 1.91. The van der Waals surface area contributed by atoms with Gasteiger partial charge in [-0.1, -0.05) is 35.4 Å². The third kappa shape index (κ3) is 3.37. The standard InChI is InChI=1S/C23H23ClN6/c1-16-6-7-21(17(2)12-16)30-23-20(14-27-30)22(25-15-26-23)29-10-8-28(9-11-29)19-5-3-4-18(24)13-19/h3-7,12-15H,8-11H2,1-2H3. The molecule has 5 rings (SSSR count). The summed E-state index contributed by atoms with van der Waals surface area (Å²) in [5.74, 6) is 0.946. The SMILES string of the molecule is Cc1ccc(-n2ncc3c(N4CCN(c5cccc(Cl)c5)CC4)ncnc32)c(C)c1. The molecule has 0 N–H and O–H groups in total. The lowest BCUT2D eigenvalue weighted by atomic mass is 10.1. The van der Waals surface area contributed by atoms with Crippen LogP contribution in [0.2, 0.25) is 5.02 Å². The molecule has 0 amide bonds. The number of fused-ring (bicyclic) bond motifs is 1. The van der Waals surface area contributed by atoms with Crippen LogP contribution < -0.4 is 9.80 Å². The van der Waals surface area contributed by atoms with Crippen LogP contribution in [0.25, 0.3) is 16.7 Å². The molecule has 1 aliphatic heterocycles. The van der Waals surface area contributed by atoms with Gasteiger partial charge >= 0.3 is 0 Å². The minimum atomic E-state index is 0.770. The molecule has 1 fully saturated rings. The summed E-state index contributed by atoms with van der Waals surface area (Å²) in [4.78, 5) is 13.8. The van der Waals surface area contributed by atoms with Crippen LogP contribution in [0.4, 0.5) is 11.5 Å². The first-order valence-corrected chi connectivity index (χ1v) is 10.5. The molecule has 0 unspecified atom stereocenters. The average Bonchev–Trinajstić information content (AvgIpc) is 3.18. The monoisotopic (exact) mass is 418 g/mol. The van der Waals surface area contributed by atoms with Crippen molar-refractivity contribution in [1.29, 1.82) is 0 Å². The second-order valence-corrected chi connectivity index (χ2v) is 8.17. The highest BCUT2D eigenvalue weighted by Crippen LogP contribution is 2.28. The van der Waals surface area contributed by atoms with E-state index in [4.69, 9.17) is 11.6 Å². The molecule has 0 spiro atoms. The van der Waals surface area contributed by atoms with E-state index in [1.54, 1.807) is 6.33 Å². The molecule has 6 nitrogen and oxygen atoms in total. The number of rotatable bonds is 3. The van der Waals surface area contributed by atoms with E-state index >= 15 is 0 Å². The van der Waals surface area contributed by atoms with E-state index in [2.05, 4.69) is 63.0 Å². The first-order chi connectivity index (χ1) is 14.6. The molecular weight excluding hydrogens is 396 g/mol. The normalized spacial score (nSPS) is 14.5. The zero-order chi connectivity index (χ0) is 20.7. The van der Waals surface area contributed by atoms with Gasteiger partial charge in [-0.05, 0) is 43.7 Å². The molecule has 0 saturated carbocycles. The Kier molecular flexibility index (Phi) is 4.79. The number of nitrogens with zero attached hydrogens (tertiary/aromatic N) is 6. The third-order valence-electron chi connectivity index (χ3n) is 5.68.